The number of anilines is 2. The Morgan fingerprint density at radius 3 is 2.68 bits per heavy atom. The Hall–Kier alpha value is -4.24. The molecule has 0 aliphatic carbocycles. The quantitative estimate of drug-likeness (QED) is 0.286. The fourth-order valence-electron chi connectivity index (χ4n) is 3.95. The van der Waals surface area contributed by atoms with Crippen molar-refractivity contribution >= 4 is 45.3 Å². The average Bonchev–Trinajstić information content (AvgIpc) is 3.62. The van der Waals surface area contributed by atoms with Crippen LogP contribution in [0.3, 0.4) is 0 Å². The highest BCUT2D eigenvalue weighted by Gasteiger charge is 2.17. The molecule has 2 aromatic carbocycles. The summed E-state index contributed by atoms with van der Waals surface area (Å²) in [5.74, 6) is 2.02. The maximum Gasteiger partial charge on any atom is 0.227 e. The van der Waals surface area contributed by atoms with E-state index in [0.29, 0.717) is 23.8 Å². The molecule has 0 fully saturated rings. The molecular formula is C25H22N8S. The van der Waals surface area contributed by atoms with Gasteiger partial charge >= 0.3 is 0 Å². The smallest absolute Gasteiger partial charge is 0.227 e. The van der Waals surface area contributed by atoms with Gasteiger partial charge in [0.25, 0.3) is 0 Å². The minimum atomic E-state index is 0.0411. The summed E-state index contributed by atoms with van der Waals surface area (Å²) in [5, 5.41) is 11.0. The number of benzene rings is 2. The monoisotopic (exact) mass is 466 g/mol. The highest BCUT2D eigenvalue weighted by molar-refractivity contribution is 7.08. The fraction of sp³-hybridized carbons (Fsp3) is 0.120. The summed E-state index contributed by atoms with van der Waals surface area (Å²) in [5.41, 5.74) is 5.58. The van der Waals surface area contributed by atoms with Gasteiger partial charge in [-0.05, 0) is 36.1 Å². The number of nitrogens with zero attached hydrogens (tertiary/aromatic N) is 5. The van der Waals surface area contributed by atoms with Gasteiger partial charge in [-0.1, -0.05) is 42.5 Å². The Balaban J connectivity index is 1.36. The largest absolute Gasteiger partial charge is 0.361 e. The summed E-state index contributed by atoms with van der Waals surface area (Å²) in [4.78, 5) is 22.3. The van der Waals surface area contributed by atoms with Gasteiger partial charge in [-0.15, -0.1) is 0 Å². The van der Waals surface area contributed by atoms with Gasteiger partial charge in [0, 0.05) is 5.38 Å². The molecule has 0 spiro atoms. The number of aromatic amines is 1. The van der Waals surface area contributed by atoms with Gasteiger partial charge in [-0.25, -0.2) is 9.97 Å². The average molecular weight is 467 g/mol. The molecule has 0 saturated heterocycles. The zero-order valence-electron chi connectivity index (χ0n) is 18.4. The Bertz CT molecular complexity index is 1520. The number of H-pyrrole nitrogens is 1. The lowest BCUT2D eigenvalue weighted by Gasteiger charge is -2.15. The summed E-state index contributed by atoms with van der Waals surface area (Å²) in [7, 11) is 0. The van der Waals surface area contributed by atoms with E-state index in [0.717, 1.165) is 33.8 Å². The molecule has 1 unspecified atom stereocenters. The first-order valence-electron chi connectivity index (χ1n) is 11.0. The highest BCUT2D eigenvalue weighted by Crippen LogP contribution is 2.26. The van der Waals surface area contributed by atoms with Crippen molar-refractivity contribution < 1.29 is 0 Å². The maximum atomic E-state index is 4.83. The van der Waals surface area contributed by atoms with Crippen molar-refractivity contribution in [2.75, 3.05) is 10.6 Å². The zero-order chi connectivity index (χ0) is 22.9. The van der Waals surface area contributed by atoms with Crippen LogP contribution in [0.4, 0.5) is 11.8 Å². The normalized spacial score (nSPS) is 12.3. The Kier molecular flexibility index (Phi) is 5.15. The molecule has 34 heavy (non-hydrogen) atoms. The van der Waals surface area contributed by atoms with Crippen LogP contribution >= 0.6 is 11.3 Å². The standard InChI is InChI=1S/C25H22N8S/c1-16(17-7-3-2-4-8-17)28-25-31-23(26-13-21-29-19-9-5-6-10-20(19)30-21)22-24(32-25)33(15-27-22)18-11-12-34-14-18/h2-12,14-16H,13H2,1H3,(H,29,30)(H2,26,28,31,32). The van der Waals surface area contributed by atoms with Gasteiger partial charge in [0.15, 0.2) is 17.0 Å². The zero-order valence-corrected chi connectivity index (χ0v) is 19.3. The third-order valence-electron chi connectivity index (χ3n) is 5.69. The lowest BCUT2D eigenvalue weighted by atomic mass is 10.1. The highest BCUT2D eigenvalue weighted by atomic mass is 32.1. The number of imidazole rings is 2. The number of para-hydroxylation sites is 2. The molecule has 6 rings (SSSR count). The molecular weight excluding hydrogens is 444 g/mol. The third-order valence-corrected chi connectivity index (χ3v) is 6.36. The van der Waals surface area contributed by atoms with Crippen molar-refractivity contribution in [3.05, 3.63) is 89.1 Å². The fourth-order valence-corrected chi connectivity index (χ4v) is 4.57. The number of thiophene rings is 1. The molecule has 0 saturated carbocycles. The summed E-state index contributed by atoms with van der Waals surface area (Å²) < 4.78 is 1.98. The number of hydrogen-bond donors (Lipinski definition) is 3. The third kappa shape index (κ3) is 3.86. The molecule has 9 heteroatoms. The van der Waals surface area contributed by atoms with Crippen LogP contribution in [-0.4, -0.2) is 29.5 Å². The van der Waals surface area contributed by atoms with E-state index < -0.39 is 0 Å². The molecule has 0 aliphatic rings. The second-order valence-electron chi connectivity index (χ2n) is 8.00. The lowest BCUT2D eigenvalue weighted by Crippen LogP contribution is -2.12. The SMILES string of the molecule is CC(Nc1nc(NCc2nc3ccccc3[nH]2)c2ncn(-c3ccsc3)c2n1)c1ccccc1. The number of aromatic nitrogens is 6. The van der Waals surface area contributed by atoms with Gasteiger partial charge < -0.3 is 15.6 Å². The molecule has 8 nitrogen and oxygen atoms in total. The number of hydrogen-bond acceptors (Lipinski definition) is 7. The molecule has 0 aliphatic heterocycles. The first-order chi connectivity index (χ1) is 16.7. The molecule has 0 amide bonds. The van der Waals surface area contributed by atoms with Gasteiger partial charge in [-0.3, -0.25) is 4.57 Å². The van der Waals surface area contributed by atoms with E-state index in [1.165, 1.54) is 0 Å². The van der Waals surface area contributed by atoms with Crippen molar-refractivity contribution in [2.24, 2.45) is 0 Å². The van der Waals surface area contributed by atoms with E-state index in [1.54, 1.807) is 17.7 Å². The van der Waals surface area contributed by atoms with Crippen LogP contribution in [0.15, 0.2) is 77.8 Å². The van der Waals surface area contributed by atoms with Crippen LogP contribution in [0, 0.1) is 0 Å². The second-order valence-corrected chi connectivity index (χ2v) is 8.78. The van der Waals surface area contributed by atoms with Crippen LogP contribution in [0.1, 0.15) is 24.4 Å². The van der Waals surface area contributed by atoms with Gasteiger partial charge in [0.2, 0.25) is 5.95 Å². The van der Waals surface area contributed by atoms with E-state index >= 15 is 0 Å². The topological polar surface area (TPSA) is 96.3 Å². The molecule has 1 atom stereocenters. The first kappa shape index (κ1) is 20.4. The number of fused-ring (bicyclic) bond motifs is 2. The van der Waals surface area contributed by atoms with Crippen molar-refractivity contribution in [1.82, 2.24) is 29.5 Å². The number of rotatable bonds is 7. The molecule has 4 aromatic heterocycles. The summed E-state index contributed by atoms with van der Waals surface area (Å²) >= 11 is 1.64. The lowest BCUT2D eigenvalue weighted by molar-refractivity contribution is 0.861. The van der Waals surface area contributed by atoms with E-state index in [9.17, 15) is 0 Å². The van der Waals surface area contributed by atoms with Gasteiger partial charge in [0.1, 0.15) is 12.2 Å². The van der Waals surface area contributed by atoms with Crippen molar-refractivity contribution in [2.45, 2.75) is 19.5 Å². The summed E-state index contributed by atoms with van der Waals surface area (Å²) in [6.07, 6.45) is 1.79. The molecule has 0 radical (unpaired) electrons. The molecule has 3 N–H and O–H groups in total. The molecule has 6 aromatic rings. The van der Waals surface area contributed by atoms with Gasteiger partial charge in [-0.2, -0.15) is 21.3 Å². The molecule has 168 valence electrons. The Labute approximate surface area is 199 Å². The summed E-state index contributed by atoms with van der Waals surface area (Å²) in [6.45, 7) is 2.58. The van der Waals surface area contributed by atoms with Gasteiger partial charge in [0.05, 0.1) is 29.3 Å². The minimum absolute atomic E-state index is 0.0411. The second kappa shape index (κ2) is 8.60. The van der Waals surface area contributed by atoms with E-state index in [2.05, 4.69) is 56.1 Å². The maximum absolute atomic E-state index is 4.83. The van der Waals surface area contributed by atoms with Crippen molar-refractivity contribution in [3.8, 4) is 5.69 Å². The molecule has 0 bridgehead atoms. The minimum Gasteiger partial charge on any atom is -0.361 e. The van der Waals surface area contributed by atoms with Crippen LogP contribution in [0.2, 0.25) is 0 Å². The summed E-state index contributed by atoms with van der Waals surface area (Å²) in [6, 6.07) is 20.3. The van der Waals surface area contributed by atoms with Crippen molar-refractivity contribution in [3.63, 3.8) is 0 Å². The Morgan fingerprint density at radius 2 is 1.85 bits per heavy atom. The molecule has 4 heterocycles. The van der Waals surface area contributed by atoms with E-state index in [1.807, 2.05) is 52.4 Å². The van der Waals surface area contributed by atoms with Crippen molar-refractivity contribution in [1.29, 1.82) is 0 Å². The Morgan fingerprint density at radius 1 is 1.00 bits per heavy atom. The van der Waals surface area contributed by atoms with Crippen LogP contribution in [0.5, 0.6) is 0 Å². The number of nitrogens with one attached hydrogen (secondary N) is 3. The van der Waals surface area contributed by atoms with Crippen LogP contribution in [-0.2, 0) is 6.54 Å². The predicted molar refractivity (Wildman–Crippen MR) is 136 cm³/mol. The van der Waals surface area contributed by atoms with Crippen LogP contribution < -0.4 is 10.6 Å². The van der Waals surface area contributed by atoms with E-state index in [-0.39, 0.29) is 6.04 Å². The first-order valence-corrected chi connectivity index (χ1v) is 12.0. The van der Waals surface area contributed by atoms with Crippen LogP contribution in [0.25, 0.3) is 27.9 Å². The predicted octanol–water partition coefficient (Wildman–Crippen LogP) is 5.54. The van der Waals surface area contributed by atoms with E-state index in [4.69, 9.17) is 9.97 Å².